The molecule has 2 rings (SSSR count). The molecule has 2 heterocycles. The van der Waals surface area contributed by atoms with Crippen molar-refractivity contribution in [1.29, 1.82) is 0 Å². The third-order valence-electron chi connectivity index (χ3n) is 2.99. The van der Waals surface area contributed by atoms with Crippen molar-refractivity contribution in [2.45, 2.75) is 36.6 Å². The van der Waals surface area contributed by atoms with Crippen molar-refractivity contribution in [3.05, 3.63) is 12.2 Å². The SMILES string of the molecule is CC1(O)C[C@@]2(CO)C=C[C@@](CO)(C1)O2. The van der Waals surface area contributed by atoms with E-state index in [1.165, 1.54) is 0 Å². The second-order valence-corrected chi connectivity index (χ2v) is 4.73. The largest absolute Gasteiger partial charge is 0.393 e. The molecule has 0 saturated carbocycles. The molecule has 3 N–H and O–H groups in total. The van der Waals surface area contributed by atoms with Gasteiger partial charge < -0.3 is 20.1 Å². The summed E-state index contributed by atoms with van der Waals surface area (Å²) in [5.41, 5.74) is -2.50. The van der Waals surface area contributed by atoms with E-state index in [1.54, 1.807) is 19.1 Å². The van der Waals surface area contributed by atoms with E-state index in [2.05, 4.69) is 0 Å². The van der Waals surface area contributed by atoms with Gasteiger partial charge in [0.05, 0.1) is 18.8 Å². The third kappa shape index (κ3) is 1.39. The molecule has 2 aliphatic heterocycles. The smallest absolute Gasteiger partial charge is 0.113 e. The van der Waals surface area contributed by atoms with Crippen LogP contribution in [0.2, 0.25) is 0 Å². The summed E-state index contributed by atoms with van der Waals surface area (Å²) in [6.45, 7) is 1.38. The predicted octanol–water partition coefficient (Wildman–Crippen LogP) is -0.420. The molecule has 0 spiro atoms. The van der Waals surface area contributed by atoms with Crippen LogP contribution in [-0.2, 0) is 4.74 Å². The van der Waals surface area contributed by atoms with Gasteiger partial charge in [-0.15, -0.1) is 0 Å². The zero-order valence-electron chi connectivity index (χ0n) is 8.23. The van der Waals surface area contributed by atoms with Crippen LogP contribution in [0.25, 0.3) is 0 Å². The Bertz CT molecular complexity index is 249. The summed E-state index contributed by atoms with van der Waals surface area (Å²) in [5, 5.41) is 28.5. The Kier molecular flexibility index (Phi) is 2.02. The van der Waals surface area contributed by atoms with Crippen molar-refractivity contribution in [3.63, 3.8) is 0 Å². The fourth-order valence-corrected chi connectivity index (χ4v) is 2.60. The van der Waals surface area contributed by atoms with Crippen LogP contribution in [0.5, 0.6) is 0 Å². The highest BCUT2D eigenvalue weighted by Gasteiger charge is 2.54. The Labute approximate surface area is 82.8 Å². The minimum absolute atomic E-state index is 0.165. The van der Waals surface area contributed by atoms with Gasteiger partial charge in [-0.05, 0) is 6.92 Å². The van der Waals surface area contributed by atoms with Crippen LogP contribution in [0.3, 0.4) is 0 Å². The Morgan fingerprint density at radius 3 is 1.93 bits per heavy atom. The molecule has 80 valence electrons. The van der Waals surface area contributed by atoms with E-state index in [0.717, 1.165) is 0 Å². The molecule has 14 heavy (non-hydrogen) atoms. The van der Waals surface area contributed by atoms with Crippen molar-refractivity contribution in [3.8, 4) is 0 Å². The molecule has 0 aromatic heterocycles. The van der Waals surface area contributed by atoms with Gasteiger partial charge >= 0.3 is 0 Å². The maximum absolute atomic E-state index is 10.0. The molecule has 0 radical (unpaired) electrons. The molecule has 3 atom stereocenters. The summed E-state index contributed by atoms with van der Waals surface area (Å²) in [4.78, 5) is 0. The highest BCUT2D eigenvalue weighted by atomic mass is 16.6. The van der Waals surface area contributed by atoms with Gasteiger partial charge in [-0.1, -0.05) is 12.2 Å². The number of aliphatic hydroxyl groups excluding tert-OH is 2. The van der Waals surface area contributed by atoms with Crippen LogP contribution in [-0.4, -0.2) is 45.3 Å². The summed E-state index contributed by atoms with van der Waals surface area (Å²) in [6, 6.07) is 0. The van der Waals surface area contributed by atoms with Gasteiger partial charge in [-0.25, -0.2) is 0 Å². The average molecular weight is 200 g/mol. The normalized spacial score (nSPS) is 51.1. The van der Waals surface area contributed by atoms with E-state index in [0.29, 0.717) is 12.8 Å². The number of ether oxygens (including phenoxy) is 1. The lowest BCUT2D eigenvalue weighted by molar-refractivity contribution is -0.212. The third-order valence-corrected chi connectivity index (χ3v) is 2.99. The van der Waals surface area contributed by atoms with E-state index < -0.39 is 16.8 Å². The van der Waals surface area contributed by atoms with Crippen molar-refractivity contribution in [2.24, 2.45) is 0 Å². The van der Waals surface area contributed by atoms with Gasteiger partial charge in [0, 0.05) is 12.8 Å². The monoisotopic (exact) mass is 200 g/mol. The molecule has 2 bridgehead atoms. The molecule has 1 fully saturated rings. The van der Waals surface area contributed by atoms with Crippen LogP contribution in [0.1, 0.15) is 19.8 Å². The first-order valence-corrected chi connectivity index (χ1v) is 4.80. The lowest BCUT2D eigenvalue weighted by Crippen LogP contribution is -2.55. The Morgan fingerprint density at radius 1 is 1.14 bits per heavy atom. The minimum atomic E-state index is -0.896. The maximum atomic E-state index is 10.0. The van der Waals surface area contributed by atoms with E-state index in [1.807, 2.05) is 0 Å². The minimum Gasteiger partial charge on any atom is -0.393 e. The number of aliphatic hydroxyl groups is 3. The topological polar surface area (TPSA) is 69.9 Å². The summed E-state index contributed by atoms with van der Waals surface area (Å²) in [7, 11) is 0. The number of hydrogen-bond acceptors (Lipinski definition) is 4. The summed E-state index contributed by atoms with van der Waals surface area (Å²) in [6.07, 6.45) is 4.25. The second kappa shape index (κ2) is 2.79. The molecule has 4 heteroatoms. The summed E-state index contributed by atoms with van der Waals surface area (Å²) >= 11 is 0. The van der Waals surface area contributed by atoms with Crippen molar-refractivity contribution in [1.82, 2.24) is 0 Å². The lowest BCUT2D eigenvalue weighted by Gasteiger charge is -2.45. The lowest BCUT2D eigenvalue weighted by atomic mass is 9.81. The standard InChI is InChI=1S/C10H16O4/c1-8(13)4-9(6-11)2-3-10(5-8,7-12)14-9/h2-3,11-13H,4-7H2,1H3/t8?,9-,10+. The molecule has 1 unspecified atom stereocenters. The van der Waals surface area contributed by atoms with Crippen molar-refractivity contribution < 1.29 is 20.1 Å². The van der Waals surface area contributed by atoms with Crippen LogP contribution in [0.4, 0.5) is 0 Å². The molecule has 1 saturated heterocycles. The van der Waals surface area contributed by atoms with Gasteiger partial charge in [0.15, 0.2) is 0 Å². The van der Waals surface area contributed by atoms with E-state index in [-0.39, 0.29) is 13.2 Å². The van der Waals surface area contributed by atoms with Gasteiger partial charge in [-0.3, -0.25) is 0 Å². The van der Waals surface area contributed by atoms with Crippen molar-refractivity contribution >= 4 is 0 Å². The van der Waals surface area contributed by atoms with Gasteiger partial charge in [-0.2, -0.15) is 0 Å². The summed E-state index contributed by atoms with van der Waals surface area (Å²) in [5.74, 6) is 0. The second-order valence-electron chi connectivity index (χ2n) is 4.73. The predicted molar refractivity (Wildman–Crippen MR) is 49.7 cm³/mol. The van der Waals surface area contributed by atoms with E-state index in [4.69, 9.17) is 4.74 Å². The molecule has 4 nitrogen and oxygen atoms in total. The Balaban J connectivity index is 2.32. The first-order chi connectivity index (χ1) is 6.45. The van der Waals surface area contributed by atoms with Crippen LogP contribution in [0.15, 0.2) is 12.2 Å². The number of rotatable bonds is 2. The van der Waals surface area contributed by atoms with E-state index >= 15 is 0 Å². The zero-order valence-corrected chi connectivity index (χ0v) is 8.23. The molecular formula is C10H16O4. The molecule has 0 amide bonds. The fourth-order valence-electron chi connectivity index (χ4n) is 2.60. The quantitative estimate of drug-likeness (QED) is 0.529. The van der Waals surface area contributed by atoms with Crippen LogP contribution >= 0.6 is 0 Å². The van der Waals surface area contributed by atoms with Gasteiger partial charge in [0.1, 0.15) is 11.2 Å². The number of hydrogen-bond donors (Lipinski definition) is 3. The summed E-state index contributed by atoms with van der Waals surface area (Å²) < 4.78 is 5.64. The van der Waals surface area contributed by atoms with Crippen LogP contribution in [0, 0.1) is 0 Å². The first-order valence-electron chi connectivity index (χ1n) is 4.80. The first kappa shape index (κ1) is 10.1. The molecule has 2 aliphatic rings. The Morgan fingerprint density at radius 2 is 1.57 bits per heavy atom. The maximum Gasteiger partial charge on any atom is 0.113 e. The van der Waals surface area contributed by atoms with Crippen molar-refractivity contribution in [2.75, 3.05) is 13.2 Å². The molecule has 0 aromatic carbocycles. The molecular weight excluding hydrogens is 184 g/mol. The number of fused-ring (bicyclic) bond motifs is 2. The highest BCUT2D eigenvalue weighted by Crippen LogP contribution is 2.46. The van der Waals surface area contributed by atoms with Gasteiger partial charge in [0.25, 0.3) is 0 Å². The van der Waals surface area contributed by atoms with Gasteiger partial charge in [0.2, 0.25) is 0 Å². The zero-order chi connectivity index (χ0) is 10.4. The highest BCUT2D eigenvalue weighted by molar-refractivity contribution is 5.24. The average Bonchev–Trinajstić information content (AvgIpc) is 2.40. The molecule has 0 aliphatic carbocycles. The molecule has 0 aromatic rings. The Hall–Kier alpha value is -0.420. The van der Waals surface area contributed by atoms with E-state index in [9.17, 15) is 15.3 Å². The van der Waals surface area contributed by atoms with Crippen LogP contribution < -0.4 is 0 Å². The fraction of sp³-hybridized carbons (Fsp3) is 0.800.